The number of aliphatic hydroxyl groups is 1. The number of carbonyl (C=O) groups excluding carboxylic acids is 4. The molecule has 0 saturated carbocycles. The molecule has 0 spiro atoms. The Hall–Kier alpha value is -1.94. The number of unbranched alkanes of at least 4 members (excludes halogenated alkanes) is 51. The van der Waals surface area contributed by atoms with E-state index in [4.69, 9.17) is 37.0 Å². The Morgan fingerprint density at radius 2 is 0.393 bits per heavy atom. The molecule has 0 aromatic heterocycles. The quantitative estimate of drug-likeness (QED) is 0.0222. The summed E-state index contributed by atoms with van der Waals surface area (Å²) in [7, 11) is -9.93. The van der Waals surface area contributed by atoms with Crippen LogP contribution in [0.2, 0.25) is 0 Å². The second kappa shape index (κ2) is 76.7. The standard InChI is InChI=1S/C88H172O17P2/c1-78(2)64-56-48-40-33-27-21-15-11-9-10-12-17-25-31-37-45-54-62-71-88(93)105-84(75-99-86(91)69-61-53-47-39-43-51-59-67-81(7)8)77-103-107(96,97)101-73-82(89)72-100-106(94,95)102-76-83(74-98-85(90)68-60-52-44-36-30-24-20-19-23-29-35-42-50-58-66-80(5)6)104-87(92)70-63-55-46-38-32-26-18-14-13-16-22-28-34-41-49-57-65-79(3)4/h78-84,89H,9-77H2,1-8H3,(H,94,95)(H,96,97)/t82?,83-,84-/m1/s1. The van der Waals surface area contributed by atoms with Crippen molar-refractivity contribution in [3.05, 3.63) is 0 Å². The predicted octanol–water partition coefficient (Wildman–Crippen LogP) is 26.7. The Balaban J connectivity index is 5.22. The van der Waals surface area contributed by atoms with E-state index in [1.54, 1.807) is 0 Å². The van der Waals surface area contributed by atoms with Crippen LogP contribution in [0.4, 0.5) is 0 Å². The molecule has 19 heteroatoms. The van der Waals surface area contributed by atoms with E-state index in [0.29, 0.717) is 31.6 Å². The van der Waals surface area contributed by atoms with Gasteiger partial charge < -0.3 is 33.8 Å². The fourth-order valence-electron chi connectivity index (χ4n) is 13.7. The van der Waals surface area contributed by atoms with Gasteiger partial charge in [-0.15, -0.1) is 0 Å². The lowest BCUT2D eigenvalue weighted by molar-refractivity contribution is -0.161. The van der Waals surface area contributed by atoms with Crippen molar-refractivity contribution in [2.24, 2.45) is 23.7 Å². The molecule has 0 aliphatic rings. The van der Waals surface area contributed by atoms with Crippen LogP contribution >= 0.6 is 15.6 Å². The fourth-order valence-corrected chi connectivity index (χ4v) is 15.3. The van der Waals surface area contributed by atoms with Gasteiger partial charge in [0.15, 0.2) is 12.2 Å². The van der Waals surface area contributed by atoms with Gasteiger partial charge >= 0.3 is 39.5 Å². The van der Waals surface area contributed by atoms with Crippen molar-refractivity contribution in [1.82, 2.24) is 0 Å². The van der Waals surface area contributed by atoms with Gasteiger partial charge in [-0.05, 0) is 49.4 Å². The van der Waals surface area contributed by atoms with Crippen molar-refractivity contribution < 1.29 is 80.2 Å². The van der Waals surface area contributed by atoms with Gasteiger partial charge in [-0.1, -0.05) is 409 Å². The molecule has 0 aliphatic heterocycles. The van der Waals surface area contributed by atoms with E-state index >= 15 is 0 Å². The highest BCUT2D eigenvalue weighted by molar-refractivity contribution is 7.47. The first-order valence-electron chi connectivity index (χ1n) is 45.2. The van der Waals surface area contributed by atoms with E-state index in [0.717, 1.165) is 114 Å². The topological polar surface area (TPSA) is 237 Å². The summed E-state index contributed by atoms with van der Waals surface area (Å²) in [6, 6.07) is 0. The van der Waals surface area contributed by atoms with Gasteiger partial charge in [0.25, 0.3) is 0 Å². The van der Waals surface area contributed by atoms with Crippen LogP contribution in [0.3, 0.4) is 0 Å². The number of esters is 4. The zero-order valence-electron chi connectivity index (χ0n) is 70.8. The van der Waals surface area contributed by atoms with Gasteiger partial charge in [-0.2, -0.15) is 0 Å². The molecular formula is C88H172O17P2. The largest absolute Gasteiger partial charge is 0.472 e. The van der Waals surface area contributed by atoms with Crippen LogP contribution in [0, 0.1) is 23.7 Å². The summed E-state index contributed by atoms with van der Waals surface area (Å²) in [6.45, 7) is 14.3. The van der Waals surface area contributed by atoms with Gasteiger partial charge in [0, 0.05) is 25.7 Å². The molecule has 0 bridgehead atoms. The van der Waals surface area contributed by atoms with Gasteiger partial charge in [0.2, 0.25) is 0 Å². The molecule has 3 N–H and O–H groups in total. The zero-order valence-corrected chi connectivity index (χ0v) is 72.6. The van der Waals surface area contributed by atoms with Crippen molar-refractivity contribution in [2.75, 3.05) is 39.6 Å². The lowest BCUT2D eigenvalue weighted by atomic mass is 10.0. The number of ether oxygens (including phenoxy) is 4. The maximum atomic E-state index is 13.2. The van der Waals surface area contributed by atoms with Crippen molar-refractivity contribution in [3.8, 4) is 0 Å². The first kappa shape index (κ1) is 105. The van der Waals surface area contributed by atoms with Gasteiger partial charge in [-0.25, -0.2) is 9.13 Å². The van der Waals surface area contributed by atoms with Gasteiger partial charge in [0.05, 0.1) is 26.4 Å². The van der Waals surface area contributed by atoms with Crippen molar-refractivity contribution >= 4 is 39.5 Å². The summed E-state index contributed by atoms with van der Waals surface area (Å²) in [6.07, 6.45) is 66.8. The van der Waals surface area contributed by atoms with Crippen LogP contribution < -0.4 is 0 Å². The minimum Gasteiger partial charge on any atom is -0.462 e. The molecule has 0 saturated heterocycles. The number of rotatable bonds is 85. The summed E-state index contributed by atoms with van der Waals surface area (Å²) in [4.78, 5) is 73.3. The SMILES string of the molecule is CC(C)CCCCCCCCCCCCCCCCCCCCC(=O)O[C@H](COC(=O)CCCCCCCCCC(C)C)COP(=O)(O)OCC(O)COP(=O)(O)OC[C@@H](COC(=O)CCCCCCCCCCCCCCCCC(C)C)OC(=O)CCCCCCCCCCCCCCCCCCC(C)C. The summed E-state index contributed by atoms with van der Waals surface area (Å²) in [5, 5.41) is 10.7. The molecule has 0 rings (SSSR count). The number of hydrogen-bond donors (Lipinski definition) is 3. The van der Waals surface area contributed by atoms with Crippen LogP contribution in [-0.4, -0.2) is 96.7 Å². The van der Waals surface area contributed by atoms with Crippen LogP contribution in [0.1, 0.15) is 460 Å². The highest BCUT2D eigenvalue weighted by Crippen LogP contribution is 2.45. The summed E-state index contributed by atoms with van der Waals surface area (Å²) >= 11 is 0. The summed E-state index contributed by atoms with van der Waals surface area (Å²) in [5.41, 5.74) is 0. The smallest absolute Gasteiger partial charge is 0.462 e. The van der Waals surface area contributed by atoms with Crippen molar-refractivity contribution in [1.29, 1.82) is 0 Å². The van der Waals surface area contributed by atoms with Crippen LogP contribution in [0.25, 0.3) is 0 Å². The van der Waals surface area contributed by atoms with Crippen LogP contribution in [0.15, 0.2) is 0 Å². The average Bonchev–Trinajstić information content (AvgIpc) is 0.900. The summed E-state index contributed by atoms with van der Waals surface area (Å²) in [5.74, 6) is 1.03. The molecule has 0 aliphatic carbocycles. The third-order valence-electron chi connectivity index (χ3n) is 20.6. The monoisotopic (exact) mass is 1560 g/mol. The fraction of sp³-hybridized carbons (Fsp3) is 0.955. The number of phosphoric ester groups is 2. The Morgan fingerprint density at radius 3 is 0.579 bits per heavy atom. The molecule has 636 valence electrons. The molecular weight excluding hydrogens is 1390 g/mol. The van der Waals surface area contributed by atoms with E-state index in [9.17, 15) is 43.2 Å². The Morgan fingerprint density at radius 1 is 0.234 bits per heavy atom. The van der Waals surface area contributed by atoms with Crippen LogP contribution in [0.5, 0.6) is 0 Å². The second-order valence-corrected chi connectivity index (χ2v) is 36.4. The molecule has 0 aromatic carbocycles. The number of carbonyl (C=O) groups is 4. The van der Waals surface area contributed by atoms with E-state index in [-0.39, 0.29) is 25.7 Å². The highest BCUT2D eigenvalue weighted by Gasteiger charge is 2.31. The first-order chi connectivity index (χ1) is 51.6. The predicted molar refractivity (Wildman–Crippen MR) is 441 cm³/mol. The molecule has 0 heterocycles. The average molecular weight is 1560 g/mol. The summed E-state index contributed by atoms with van der Waals surface area (Å²) < 4.78 is 68.9. The molecule has 5 atom stereocenters. The molecule has 3 unspecified atom stereocenters. The zero-order chi connectivity index (χ0) is 78.8. The minimum atomic E-state index is -4.97. The number of hydrogen-bond acceptors (Lipinski definition) is 15. The molecule has 0 radical (unpaired) electrons. The lowest BCUT2D eigenvalue weighted by Crippen LogP contribution is -2.30. The molecule has 0 fully saturated rings. The molecule has 0 amide bonds. The number of phosphoric acid groups is 2. The molecule has 17 nitrogen and oxygen atoms in total. The Labute approximate surface area is 658 Å². The van der Waals surface area contributed by atoms with Crippen molar-refractivity contribution in [2.45, 2.75) is 478 Å². The minimum absolute atomic E-state index is 0.107. The highest BCUT2D eigenvalue weighted by atomic mass is 31.2. The lowest BCUT2D eigenvalue weighted by Gasteiger charge is -2.21. The third-order valence-corrected chi connectivity index (χ3v) is 22.5. The maximum absolute atomic E-state index is 13.2. The van der Waals surface area contributed by atoms with E-state index < -0.39 is 97.5 Å². The Kier molecular flexibility index (Phi) is 75.3. The van der Waals surface area contributed by atoms with Crippen molar-refractivity contribution in [3.63, 3.8) is 0 Å². The van der Waals surface area contributed by atoms with Gasteiger partial charge in [0.1, 0.15) is 19.3 Å². The first-order valence-corrected chi connectivity index (χ1v) is 48.2. The second-order valence-electron chi connectivity index (χ2n) is 33.5. The molecule has 0 aromatic rings. The normalized spacial score (nSPS) is 13.9. The maximum Gasteiger partial charge on any atom is 0.472 e. The van der Waals surface area contributed by atoms with Gasteiger partial charge in [-0.3, -0.25) is 37.3 Å². The van der Waals surface area contributed by atoms with E-state index in [1.807, 2.05) is 0 Å². The van der Waals surface area contributed by atoms with Crippen LogP contribution in [-0.2, 0) is 65.4 Å². The molecule has 107 heavy (non-hydrogen) atoms. The third kappa shape index (κ3) is 81.9. The Bertz CT molecular complexity index is 2080. The van der Waals surface area contributed by atoms with E-state index in [1.165, 1.54) is 257 Å². The van der Waals surface area contributed by atoms with E-state index in [2.05, 4.69) is 55.4 Å². The number of aliphatic hydroxyl groups excluding tert-OH is 1.